The maximum Gasteiger partial charge on any atom is 0.407 e. The fourth-order valence-corrected chi connectivity index (χ4v) is 1.74. The minimum absolute atomic E-state index is 0.577. The maximum absolute atomic E-state index is 10.7. The summed E-state index contributed by atoms with van der Waals surface area (Å²) in [6.45, 7) is 2.68. The van der Waals surface area contributed by atoms with Crippen molar-refractivity contribution >= 4 is 11.8 Å². The van der Waals surface area contributed by atoms with Crippen LogP contribution in [-0.2, 0) is 0 Å². The molecule has 1 N–H and O–H groups in total. The van der Waals surface area contributed by atoms with Crippen molar-refractivity contribution in [2.24, 2.45) is 0 Å². The summed E-state index contributed by atoms with van der Waals surface area (Å²) >= 11 is 0. The van der Waals surface area contributed by atoms with Crippen molar-refractivity contribution in [3.8, 4) is 0 Å². The van der Waals surface area contributed by atoms with Gasteiger partial charge in [-0.05, 0) is 18.2 Å². The van der Waals surface area contributed by atoms with E-state index in [4.69, 9.17) is 5.11 Å². The van der Waals surface area contributed by atoms with Crippen molar-refractivity contribution in [1.82, 2.24) is 4.90 Å². The average Bonchev–Trinajstić information content (AvgIpc) is 2.30. The summed E-state index contributed by atoms with van der Waals surface area (Å²) in [5, 5.41) is 8.80. The van der Waals surface area contributed by atoms with Crippen LogP contribution in [0.1, 0.15) is 0 Å². The minimum atomic E-state index is -0.823. The van der Waals surface area contributed by atoms with Crippen molar-refractivity contribution in [2.75, 3.05) is 31.1 Å². The smallest absolute Gasteiger partial charge is 0.407 e. The number of hydrogen-bond donors (Lipinski definition) is 1. The van der Waals surface area contributed by atoms with Crippen molar-refractivity contribution < 1.29 is 9.90 Å². The zero-order valence-corrected chi connectivity index (χ0v) is 8.39. The predicted molar refractivity (Wildman–Crippen MR) is 57.1 cm³/mol. The van der Waals surface area contributed by atoms with E-state index < -0.39 is 6.09 Å². The molecule has 1 aromatic carbocycles. The molecule has 0 unspecified atom stereocenters. The average molecular weight is 205 g/mol. The third kappa shape index (κ3) is 2.21. The highest BCUT2D eigenvalue weighted by Crippen LogP contribution is 2.15. The van der Waals surface area contributed by atoms with Crippen LogP contribution in [0.3, 0.4) is 0 Å². The van der Waals surface area contributed by atoms with E-state index in [2.05, 4.69) is 11.0 Å². The zero-order valence-electron chi connectivity index (χ0n) is 8.39. The quantitative estimate of drug-likeness (QED) is 0.751. The molecule has 0 aliphatic carbocycles. The molecule has 1 heterocycles. The van der Waals surface area contributed by atoms with E-state index >= 15 is 0 Å². The van der Waals surface area contributed by atoms with Gasteiger partial charge in [-0.15, -0.1) is 0 Å². The molecule has 0 saturated carbocycles. The van der Waals surface area contributed by atoms with E-state index in [0.717, 1.165) is 18.8 Å². The van der Waals surface area contributed by atoms with Gasteiger partial charge in [-0.25, -0.2) is 4.79 Å². The van der Waals surface area contributed by atoms with Crippen LogP contribution in [0.15, 0.2) is 24.3 Å². The van der Waals surface area contributed by atoms with Gasteiger partial charge in [0.15, 0.2) is 0 Å². The number of benzene rings is 1. The second-order valence-electron chi connectivity index (χ2n) is 3.51. The lowest BCUT2D eigenvalue weighted by molar-refractivity contribution is 0.142. The first kappa shape index (κ1) is 9.83. The normalized spacial score (nSPS) is 16.5. The summed E-state index contributed by atoms with van der Waals surface area (Å²) in [6.07, 6.45) is -0.823. The molecule has 4 heteroatoms. The van der Waals surface area contributed by atoms with Crippen molar-refractivity contribution in [3.63, 3.8) is 0 Å². The molecule has 79 valence electrons. The molecular formula is C11H13N2O2. The number of amides is 1. The van der Waals surface area contributed by atoms with Crippen LogP contribution in [0.2, 0.25) is 0 Å². The van der Waals surface area contributed by atoms with Crippen LogP contribution in [0.25, 0.3) is 0 Å². The van der Waals surface area contributed by atoms with Gasteiger partial charge in [-0.1, -0.05) is 12.1 Å². The molecule has 1 amide bonds. The Morgan fingerprint density at radius 3 is 2.33 bits per heavy atom. The Morgan fingerprint density at radius 1 is 1.20 bits per heavy atom. The molecule has 0 aromatic heterocycles. The van der Waals surface area contributed by atoms with Gasteiger partial charge >= 0.3 is 6.09 Å². The largest absolute Gasteiger partial charge is 0.465 e. The Morgan fingerprint density at radius 2 is 1.80 bits per heavy atom. The number of anilines is 1. The van der Waals surface area contributed by atoms with Gasteiger partial charge in [-0.3, -0.25) is 0 Å². The molecular weight excluding hydrogens is 192 g/mol. The SMILES string of the molecule is O=C(O)N1CCN(c2cc[c]cc2)CC1. The Bertz CT molecular complexity index is 332. The summed E-state index contributed by atoms with van der Waals surface area (Å²) in [5.74, 6) is 0. The number of hydrogen-bond acceptors (Lipinski definition) is 2. The maximum atomic E-state index is 10.7. The minimum Gasteiger partial charge on any atom is -0.465 e. The van der Waals surface area contributed by atoms with Gasteiger partial charge in [0, 0.05) is 31.9 Å². The standard InChI is InChI=1S/C11H13N2O2/c14-11(15)13-8-6-12(7-9-13)10-4-2-1-3-5-10/h2-5H,6-9H2,(H,14,15). The van der Waals surface area contributed by atoms with Gasteiger partial charge in [0.1, 0.15) is 0 Å². The molecule has 4 nitrogen and oxygen atoms in total. The molecule has 1 aromatic rings. The highest BCUT2D eigenvalue weighted by molar-refractivity contribution is 5.65. The fraction of sp³-hybridized carbons (Fsp3) is 0.364. The summed E-state index contributed by atoms with van der Waals surface area (Å²) in [7, 11) is 0. The van der Waals surface area contributed by atoms with Gasteiger partial charge in [0.05, 0.1) is 0 Å². The highest BCUT2D eigenvalue weighted by atomic mass is 16.4. The molecule has 1 radical (unpaired) electrons. The molecule has 2 rings (SSSR count). The Labute approximate surface area is 88.7 Å². The number of nitrogens with zero attached hydrogens (tertiary/aromatic N) is 2. The Kier molecular flexibility index (Phi) is 2.76. The van der Waals surface area contributed by atoms with Crippen LogP contribution >= 0.6 is 0 Å². The summed E-state index contributed by atoms with van der Waals surface area (Å²) in [6, 6.07) is 10.7. The second kappa shape index (κ2) is 4.21. The van der Waals surface area contributed by atoms with Crippen LogP contribution in [-0.4, -0.2) is 42.3 Å². The first-order chi connectivity index (χ1) is 7.27. The Hall–Kier alpha value is -1.71. The summed E-state index contributed by atoms with van der Waals surface area (Å²) < 4.78 is 0. The number of carbonyl (C=O) groups is 1. The monoisotopic (exact) mass is 205 g/mol. The van der Waals surface area contributed by atoms with E-state index in [0.29, 0.717) is 13.1 Å². The molecule has 1 aliphatic heterocycles. The summed E-state index contributed by atoms with van der Waals surface area (Å²) in [5.41, 5.74) is 1.14. The van der Waals surface area contributed by atoms with Crippen LogP contribution in [0.4, 0.5) is 10.5 Å². The first-order valence-electron chi connectivity index (χ1n) is 4.96. The molecule has 15 heavy (non-hydrogen) atoms. The van der Waals surface area contributed by atoms with Gasteiger partial charge < -0.3 is 14.9 Å². The molecule has 0 atom stereocenters. The zero-order chi connectivity index (χ0) is 10.7. The van der Waals surface area contributed by atoms with E-state index in [-0.39, 0.29) is 0 Å². The third-order valence-electron chi connectivity index (χ3n) is 2.62. The van der Waals surface area contributed by atoms with Gasteiger partial charge in [-0.2, -0.15) is 0 Å². The molecule has 1 saturated heterocycles. The first-order valence-corrected chi connectivity index (χ1v) is 4.96. The predicted octanol–water partition coefficient (Wildman–Crippen LogP) is 1.29. The number of rotatable bonds is 1. The Balaban J connectivity index is 1.97. The van der Waals surface area contributed by atoms with Crippen molar-refractivity contribution in [3.05, 3.63) is 30.3 Å². The number of piperazine rings is 1. The van der Waals surface area contributed by atoms with E-state index in [1.807, 2.05) is 24.3 Å². The highest BCUT2D eigenvalue weighted by Gasteiger charge is 2.19. The lowest BCUT2D eigenvalue weighted by atomic mass is 10.2. The summed E-state index contributed by atoms with van der Waals surface area (Å²) in [4.78, 5) is 14.3. The van der Waals surface area contributed by atoms with Gasteiger partial charge in [0.25, 0.3) is 0 Å². The van der Waals surface area contributed by atoms with E-state index in [1.165, 1.54) is 4.90 Å². The van der Waals surface area contributed by atoms with E-state index in [1.54, 1.807) is 0 Å². The van der Waals surface area contributed by atoms with Crippen molar-refractivity contribution in [2.45, 2.75) is 0 Å². The van der Waals surface area contributed by atoms with Gasteiger partial charge in [0.2, 0.25) is 0 Å². The van der Waals surface area contributed by atoms with Crippen molar-refractivity contribution in [1.29, 1.82) is 0 Å². The van der Waals surface area contributed by atoms with Crippen LogP contribution in [0.5, 0.6) is 0 Å². The second-order valence-corrected chi connectivity index (χ2v) is 3.51. The molecule has 1 fully saturated rings. The lowest BCUT2D eigenvalue weighted by Gasteiger charge is -2.34. The van der Waals surface area contributed by atoms with Crippen LogP contribution < -0.4 is 4.90 Å². The molecule has 1 aliphatic rings. The molecule has 0 spiro atoms. The molecule has 0 bridgehead atoms. The topological polar surface area (TPSA) is 43.8 Å². The van der Waals surface area contributed by atoms with Crippen LogP contribution in [0, 0.1) is 6.07 Å². The number of carboxylic acid groups (broad SMARTS) is 1. The lowest BCUT2D eigenvalue weighted by Crippen LogP contribution is -2.48. The fourth-order valence-electron chi connectivity index (χ4n) is 1.74. The third-order valence-corrected chi connectivity index (χ3v) is 2.62. The van der Waals surface area contributed by atoms with E-state index in [9.17, 15) is 4.79 Å².